The molecule has 6 heteroatoms. The summed E-state index contributed by atoms with van der Waals surface area (Å²) in [6.07, 6.45) is 0.607. The van der Waals surface area contributed by atoms with Crippen LogP contribution in [0.3, 0.4) is 0 Å². The molecule has 0 saturated carbocycles. The second-order valence-electron chi connectivity index (χ2n) is 5.42. The highest BCUT2D eigenvalue weighted by Crippen LogP contribution is 2.15. The molecule has 0 amide bonds. The Kier molecular flexibility index (Phi) is 5.18. The quantitative estimate of drug-likeness (QED) is 0.602. The topological polar surface area (TPSA) is 74.6 Å². The predicted molar refractivity (Wildman–Crippen MR) is 87.6 cm³/mol. The van der Waals surface area contributed by atoms with Gasteiger partial charge < -0.3 is 14.0 Å². The van der Waals surface area contributed by atoms with Gasteiger partial charge in [-0.05, 0) is 44.2 Å². The minimum absolute atomic E-state index is 0.146. The van der Waals surface area contributed by atoms with Gasteiger partial charge in [-0.1, -0.05) is 0 Å². The Balaban J connectivity index is 2.10. The van der Waals surface area contributed by atoms with Crippen LogP contribution in [0.2, 0.25) is 0 Å². The van der Waals surface area contributed by atoms with Crippen molar-refractivity contribution in [1.82, 2.24) is 4.57 Å². The van der Waals surface area contributed by atoms with E-state index in [1.165, 1.54) is 31.6 Å². The lowest BCUT2D eigenvalue weighted by atomic mass is 10.1. The van der Waals surface area contributed by atoms with Crippen LogP contribution in [0.1, 0.15) is 45.1 Å². The first kappa shape index (κ1) is 17.5. The smallest absolute Gasteiger partial charge is 0.355 e. The summed E-state index contributed by atoms with van der Waals surface area (Å²) in [5.41, 5.74) is 1.06. The van der Waals surface area contributed by atoms with Gasteiger partial charge in [0.05, 0.1) is 7.11 Å². The first-order chi connectivity index (χ1) is 11.3. The Morgan fingerprint density at radius 1 is 1.08 bits per heavy atom. The van der Waals surface area contributed by atoms with Crippen LogP contribution in [0.25, 0.3) is 0 Å². The first-order valence-electron chi connectivity index (χ1n) is 7.40. The van der Waals surface area contributed by atoms with Crippen LogP contribution in [0.5, 0.6) is 5.75 Å². The average Bonchev–Trinajstić information content (AvgIpc) is 2.96. The average molecular weight is 329 g/mol. The Bertz CT molecular complexity index is 773. The van der Waals surface area contributed by atoms with Crippen LogP contribution < -0.4 is 4.74 Å². The van der Waals surface area contributed by atoms with Crippen molar-refractivity contribution in [3.8, 4) is 5.75 Å². The first-order valence-corrected chi connectivity index (χ1v) is 7.40. The molecule has 6 nitrogen and oxygen atoms in total. The van der Waals surface area contributed by atoms with Crippen molar-refractivity contribution >= 4 is 17.5 Å². The molecule has 1 heterocycles. The molecule has 126 valence electrons. The largest absolute Gasteiger partial charge is 0.497 e. The van der Waals surface area contributed by atoms with E-state index in [4.69, 9.17) is 9.47 Å². The second-order valence-corrected chi connectivity index (χ2v) is 5.42. The molecular formula is C18H19NO5. The van der Waals surface area contributed by atoms with Crippen molar-refractivity contribution in [2.45, 2.75) is 20.0 Å². The number of hydrogen-bond acceptors (Lipinski definition) is 5. The molecule has 24 heavy (non-hydrogen) atoms. The monoisotopic (exact) mass is 329 g/mol. The van der Waals surface area contributed by atoms with Crippen LogP contribution >= 0.6 is 0 Å². The van der Waals surface area contributed by atoms with Crippen molar-refractivity contribution < 1.29 is 23.9 Å². The van der Waals surface area contributed by atoms with Crippen molar-refractivity contribution in [1.29, 1.82) is 0 Å². The summed E-state index contributed by atoms with van der Waals surface area (Å²) >= 11 is 0. The molecule has 1 atom stereocenters. The Morgan fingerprint density at radius 2 is 1.71 bits per heavy atom. The fourth-order valence-corrected chi connectivity index (χ4v) is 2.22. The van der Waals surface area contributed by atoms with E-state index in [0.29, 0.717) is 16.9 Å². The van der Waals surface area contributed by atoms with Gasteiger partial charge in [-0.3, -0.25) is 9.59 Å². The maximum absolute atomic E-state index is 12.3. The summed E-state index contributed by atoms with van der Waals surface area (Å²) in [6, 6.07) is 8.01. The van der Waals surface area contributed by atoms with Gasteiger partial charge in [0.15, 0.2) is 11.9 Å². The van der Waals surface area contributed by atoms with E-state index in [-0.39, 0.29) is 17.3 Å². The fourth-order valence-electron chi connectivity index (χ4n) is 2.22. The van der Waals surface area contributed by atoms with Gasteiger partial charge in [0.1, 0.15) is 11.4 Å². The van der Waals surface area contributed by atoms with Crippen LogP contribution in [0, 0.1) is 0 Å². The van der Waals surface area contributed by atoms with E-state index in [2.05, 4.69) is 0 Å². The van der Waals surface area contributed by atoms with Crippen LogP contribution in [-0.4, -0.2) is 35.3 Å². The van der Waals surface area contributed by atoms with Gasteiger partial charge in [0.2, 0.25) is 5.78 Å². The van der Waals surface area contributed by atoms with E-state index in [1.807, 2.05) is 0 Å². The van der Waals surface area contributed by atoms with Gasteiger partial charge in [-0.25, -0.2) is 4.79 Å². The van der Waals surface area contributed by atoms with Crippen molar-refractivity contribution in [3.63, 3.8) is 0 Å². The van der Waals surface area contributed by atoms with Gasteiger partial charge in [-0.15, -0.1) is 0 Å². The maximum atomic E-state index is 12.3. The molecule has 0 unspecified atom stereocenters. The number of hydrogen-bond donors (Lipinski definition) is 0. The number of aryl methyl sites for hydroxylation is 1. The highest BCUT2D eigenvalue weighted by Gasteiger charge is 2.22. The lowest BCUT2D eigenvalue weighted by Gasteiger charge is -2.13. The Hall–Kier alpha value is -2.89. The van der Waals surface area contributed by atoms with Gasteiger partial charge in [0, 0.05) is 24.4 Å². The number of carbonyl (C=O) groups excluding carboxylic acids is 3. The standard InChI is InChI=1S/C18H19NO5/c1-11(20)14-9-16(19(3)10-14)18(22)24-12(2)17(21)13-5-7-15(23-4)8-6-13/h5-10,12H,1-4H3/t12-/m1/s1. The third-order valence-electron chi connectivity index (χ3n) is 3.65. The molecule has 0 radical (unpaired) electrons. The minimum Gasteiger partial charge on any atom is -0.497 e. The van der Waals surface area contributed by atoms with E-state index in [9.17, 15) is 14.4 Å². The van der Waals surface area contributed by atoms with Gasteiger partial charge in [0.25, 0.3) is 0 Å². The lowest BCUT2D eigenvalue weighted by Crippen LogP contribution is -2.25. The third-order valence-corrected chi connectivity index (χ3v) is 3.65. The van der Waals surface area contributed by atoms with Crippen LogP contribution in [-0.2, 0) is 11.8 Å². The predicted octanol–water partition coefficient (Wildman–Crippen LogP) is 2.66. The van der Waals surface area contributed by atoms with E-state index >= 15 is 0 Å². The summed E-state index contributed by atoms with van der Waals surface area (Å²) in [4.78, 5) is 35.9. The third kappa shape index (κ3) is 3.71. The number of carbonyl (C=O) groups is 3. The molecule has 1 aromatic heterocycles. The summed E-state index contributed by atoms with van der Waals surface area (Å²) in [7, 11) is 3.18. The molecule has 2 rings (SSSR count). The highest BCUT2D eigenvalue weighted by atomic mass is 16.5. The number of methoxy groups -OCH3 is 1. The van der Waals surface area contributed by atoms with Crippen LogP contribution in [0.15, 0.2) is 36.5 Å². The summed E-state index contributed by atoms with van der Waals surface area (Å²) in [5.74, 6) is -0.477. The van der Waals surface area contributed by atoms with Crippen molar-refractivity contribution in [3.05, 3.63) is 53.3 Å². The zero-order valence-electron chi connectivity index (χ0n) is 14.0. The van der Waals surface area contributed by atoms with E-state index < -0.39 is 12.1 Å². The van der Waals surface area contributed by atoms with E-state index in [1.54, 1.807) is 37.5 Å². The number of Topliss-reactive ketones (excluding diaryl/α,β-unsaturated/α-hetero) is 2. The summed E-state index contributed by atoms with van der Waals surface area (Å²) < 4.78 is 11.8. The Morgan fingerprint density at radius 3 is 2.21 bits per heavy atom. The fraction of sp³-hybridized carbons (Fsp3) is 0.278. The summed E-state index contributed by atoms with van der Waals surface area (Å²) in [6.45, 7) is 2.93. The summed E-state index contributed by atoms with van der Waals surface area (Å²) in [5, 5.41) is 0. The SMILES string of the molecule is COc1ccc(C(=O)[C@@H](C)OC(=O)c2cc(C(C)=O)cn2C)cc1. The Labute approximate surface area is 140 Å². The molecule has 0 aliphatic heterocycles. The molecule has 0 aliphatic carbocycles. The normalized spacial score (nSPS) is 11.7. The second kappa shape index (κ2) is 7.12. The van der Waals surface area contributed by atoms with Gasteiger partial charge >= 0.3 is 5.97 Å². The zero-order valence-corrected chi connectivity index (χ0v) is 14.0. The number of benzene rings is 1. The van der Waals surface area contributed by atoms with Crippen molar-refractivity contribution in [2.24, 2.45) is 7.05 Å². The van der Waals surface area contributed by atoms with E-state index in [0.717, 1.165) is 0 Å². The molecular weight excluding hydrogens is 310 g/mol. The number of aromatic nitrogens is 1. The molecule has 0 bridgehead atoms. The zero-order chi connectivity index (χ0) is 17.9. The number of esters is 1. The van der Waals surface area contributed by atoms with Crippen LogP contribution in [0.4, 0.5) is 0 Å². The lowest BCUT2D eigenvalue weighted by molar-refractivity contribution is 0.0309. The molecule has 0 spiro atoms. The van der Waals surface area contributed by atoms with Gasteiger partial charge in [-0.2, -0.15) is 0 Å². The number of nitrogens with zero attached hydrogens (tertiary/aromatic N) is 1. The molecule has 0 saturated heterocycles. The minimum atomic E-state index is -0.943. The highest BCUT2D eigenvalue weighted by molar-refractivity contribution is 6.02. The number of rotatable bonds is 6. The molecule has 0 N–H and O–H groups in total. The number of ether oxygens (including phenoxy) is 2. The molecule has 2 aromatic rings. The number of ketones is 2. The molecule has 1 aromatic carbocycles. The maximum Gasteiger partial charge on any atom is 0.355 e. The van der Waals surface area contributed by atoms with Crippen molar-refractivity contribution in [2.75, 3.05) is 7.11 Å². The molecule has 0 fully saturated rings. The molecule has 0 aliphatic rings.